The molecule has 3 aromatic rings. The maximum atomic E-state index is 12.3. The number of anilines is 1. The summed E-state index contributed by atoms with van der Waals surface area (Å²) < 4.78 is 13.2. The van der Waals surface area contributed by atoms with Crippen molar-refractivity contribution in [2.45, 2.75) is 25.1 Å². The molecule has 0 radical (unpaired) electrons. The number of amides is 1. The van der Waals surface area contributed by atoms with Crippen molar-refractivity contribution < 1.29 is 14.3 Å². The average molecular weight is 413 g/mol. The van der Waals surface area contributed by atoms with E-state index in [0.29, 0.717) is 22.5 Å². The molecule has 29 heavy (non-hydrogen) atoms. The van der Waals surface area contributed by atoms with E-state index in [-0.39, 0.29) is 17.8 Å². The number of rotatable bonds is 8. The Kier molecular flexibility index (Phi) is 6.77. The van der Waals surface area contributed by atoms with Crippen LogP contribution in [0.15, 0.2) is 53.7 Å². The smallest absolute Gasteiger partial charge is 0.234 e. The van der Waals surface area contributed by atoms with Gasteiger partial charge in [-0.3, -0.25) is 4.79 Å². The van der Waals surface area contributed by atoms with E-state index in [1.807, 2.05) is 74.0 Å². The normalized spacial score (nSPS) is 11.7. The van der Waals surface area contributed by atoms with Gasteiger partial charge in [0.1, 0.15) is 0 Å². The van der Waals surface area contributed by atoms with E-state index >= 15 is 0 Å². The fraction of sp³-hybridized carbons (Fsp3) is 0.286. The zero-order valence-electron chi connectivity index (χ0n) is 16.9. The average Bonchev–Trinajstić information content (AvgIpc) is 3.09. The van der Waals surface area contributed by atoms with Gasteiger partial charge in [0.15, 0.2) is 28.6 Å². The number of para-hydroxylation sites is 3. The minimum atomic E-state index is -0.334. The summed E-state index contributed by atoms with van der Waals surface area (Å²) in [7, 11) is 3.46. The first kappa shape index (κ1) is 20.7. The summed E-state index contributed by atoms with van der Waals surface area (Å²) in [4.78, 5) is 12.3. The van der Waals surface area contributed by atoms with E-state index < -0.39 is 0 Å². The second kappa shape index (κ2) is 9.47. The molecule has 8 heteroatoms. The summed E-state index contributed by atoms with van der Waals surface area (Å²) in [6, 6.07) is 15.1. The summed E-state index contributed by atoms with van der Waals surface area (Å²) in [6.07, 6.45) is -0.334. The van der Waals surface area contributed by atoms with Crippen molar-refractivity contribution in [1.29, 1.82) is 0 Å². The van der Waals surface area contributed by atoms with Gasteiger partial charge in [-0.1, -0.05) is 42.1 Å². The number of carbonyl (C=O) groups excluding carboxylic acids is 1. The molecular formula is C21H24N4O3S. The minimum absolute atomic E-state index is 0.0906. The third-order valence-corrected chi connectivity index (χ3v) is 5.38. The van der Waals surface area contributed by atoms with Crippen LogP contribution in [0.2, 0.25) is 0 Å². The first-order valence-corrected chi connectivity index (χ1v) is 10.2. The van der Waals surface area contributed by atoms with Crippen molar-refractivity contribution in [3.8, 4) is 11.5 Å². The summed E-state index contributed by atoms with van der Waals surface area (Å²) >= 11 is 1.33. The molecule has 0 saturated heterocycles. The summed E-state index contributed by atoms with van der Waals surface area (Å²) in [6.45, 7) is 3.86. The second-order valence-corrected chi connectivity index (χ2v) is 7.41. The maximum absolute atomic E-state index is 12.3. The van der Waals surface area contributed by atoms with Crippen LogP contribution in [0.25, 0.3) is 0 Å². The van der Waals surface area contributed by atoms with Crippen LogP contribution in [0, 0.1) is 6.92 Å². The van der Waals surface area contributed by atoms with Crippen LogP contribution in [0.3, 0.4) is 0 Å². The Labute approximate surface area is 174 Å². The lowest BCUT2D eigenvalue weighted by Gasteiger charge is -2.16. The SMILES string of the molecule is COc1ccccc1OC(C)c1nnc(SCC(=O)Nc2ccccc2C)n1C. The van der Waals surface area contributed by atoms with Crippen LogP contribution in [0.5, 0.6) is 11.5 Å². The highest BCUT2D eigenvalue weighted by Crippen LogP contribution is 2.30. The van der Waals surface area contributed by atoms with Gasteiger partial charge < -0.3 is 19.4 Å². The van der Waals surface area contributed by atoms with Gasteiger partial charge in [-0.15, -0.1) is 10.2 Å². The van der Waals surface area contributed by atoms with E-state index in [0.717, 1.165) is 11.3 Å². The fourth-order valence-corrected chi connectivity index (χ4v) is 3.51. The lowest BCUT2D eigenvalue weighted by atomic mass is 10.2. The highest BCUT2D eigenvalue weighted by Gasteiger charge is 2.19. The molecule has 1 aromatic heterocycles. The molecule has 0 saturated carbocycles. The Morgan fingerprint density at radius 1 is 1.14 bits per heavy atom. The summed E-state index contributed by atoms with van der Waals surface area (Å²) in [5.41, 5.74) is 1.84. The van der Waals surface area contributed by atoms with Crippen LogP contribution in [0.1, 0.15) is 24.4 Å². The first-order valence-electron chi connectivity index (χ1n) is 9.17. The van der Waals surface area contributed by atoms with Crippen LogP contribution >= 0.6 is 11.8 Å². The number of thioether (sulfide) groups is 1. The Morgan fingerprint density at radius 2 is 1.83 bits per heavy atom. The molecule has 0 aliphatic carbocycles. The van der Waals surface area contributed by atoms with E-state index in [1.165, 1.54) is 11.8 Å². The van der Waals surface area contributed by atoms with Crippen molar-refractivity contribution in [3.63, 3.8) is 0 Å². The van der Waals surface area contributed by atoms with Crippen LogP contribution < -0.4 is 14.8 Å². The van der Waals surface area contributed by atoms with Gasteiger partial charge >= 0.3 is 0 Å². The molecule has 0 aliphatic rings. The predicted octanol–water partition coefficient (Wildman–Crippen LogP) is 4.00. The van der Waals surface area contributed by atoms with Crippen molar-refractivity contribution in [3.05, 3.63) is 59.9 Å². The Balaban J connectivity index is 1.61. The van der Waals surface area contributed by atoms with Gasteiger partial charge in [-0.05, 0) is 37.6 Å². The predicted molar refractivity (Wildman–Crippen MR) is 114 cm³/mol. The van der Waals surface area contributed by atoms with Crippen molar-refractivity contribution in [2.75, 3.05) is 18.2 Å². The largest absolute Gasteiger partial charge is 0.493 e. The van der Waals surface area contributed by atoms with Gasteiger partial charge in [0.25, 0.3) is 0 Å². The van der Waals surface area contributed by atoms with Crippen molar-refractivity contribution in [2.24, 2.45) is 7.05 Å². The van der Waals surface area contributed by atoms with Crippen molar-refractivity contribution >= 4 is 23.4 Å². The third-order valence-electron chi connectivity index (χ3n) is 4.36. The second-order valence-electron chi connectivity index (χ2n) is 6.46. The number of hydrogen-bond donors (Lipinski definition) is 1. The first-order chi connectivity index (χ1) is 14.0. The van der Waals surface area contributed by atoms with E-state index in [2.05, 4.69) is 15.5 Å². The molecule has 0 fully saturated rings. The molecular weight excluding hydrogens is 388 g/mol. The number of hydrogen-bond acceptors (Lipinski definition) is 6. The third kappa shape index (κ3) is 5.08. The molecule has 0 aliphatic heterocycles. The van der Waals surface area contributed by atoms with Gasteiger partial charge in [-0.2, -0.15) is 0 Å². The number of carbonyl (C=O) groups is 1. The molecule has 2 aromatic carbocycles. The van der Waals surface area contributed by atoms with Gasteiger partial charge in [-0.25, -0.2) is 0 Å². The number of nitrogens with zero attached hydrogens (tertiary/aromatic N) is 3. The maximum Gasteiger partial charge on any atom is 0.234 e. The zero-order valence-corrected chi connectivity index (χ0v) is 17.7. The molecule has 152 valence electrons. The molecule has 1 unspecified atom stereocenters. The minimum Gasteiger partial charge on any atom is -0.493 e. The van der Waals surface area contributed by atoms with Crippen molar-refractivity contribution in [1.82, 2.24) is 14.8 Å². The molecule has 1 amide bonds. The molecule has 0 bridgehead atoms. The lowest BCUT2D eigenvalue weighted by Crippen LogP contribution is -2.15. The monoisotopic (exact) mass is 412 g/mol. The number of aryl methyl sites for hydroxylation is 1. The van der Waals surface area contributed by atoms with E-state index in [9.17, 15) is 4.79 Å². The number of nitrogens with one attached hydrogen (secondary N) is 1. The Bertz CT molecular complexity index is 990. The molecule has 3 rings (SSSR count). The molecule has 1 atom stereocenters. The molecule has 0 spiro atoms. The van der Waals surface area contributed by atoms with Crippen LogP contribution in [0.4, 0.5) is 5.69 Å². The van der Waals surface area contributed by atoms with Gasteiger partial charge in [0.2, 0.25) is 5.91 Å². The summed E-state index contributed by atoms with van der Waals surface area (Å²) in [5.74, 6) is 2.10. The zero-order chi connectivity index (χ0) is 20.8. The number of ether oxygens (including phenoxy) is 2. The molecule has 1 heterocycles. The quantitative estimate of drug-likeness (QED) is 0.564. The Morgan fingerprint density at radius 3 is 2.55 bits per heavy atom. The number of benzene rings is 2. The van der Waals surface area contributed by atoms with Gasteiger partial charge in [0.05, 0.1) is 12.9 Å². The standard InChI is InChI=1S/C21H24N4O3S/c1-14-9-5-6-10-16(14)22-19(26)13-29-21-24-23-20(25(21)3)15(2)28-18-12-8-7-11-17(18)27-4/h5-12,15H,13H2,1-4H3,(H,22,26). The number of methoxy groups -OCH3 is 1. The van der Waals surface area contributed by atoms with E-state index in [4.69, 9.17) is 9.47 Å². The highest BCUT2D eigenvalue weighted by atomic mass is 32.2. The highest BCUT2D eigenvalue weighted by molar-refractivity contribution is 7.99. The van der Waals surface area contributed by atoms with E-state index in [1.54, 1.807) is 7.11 Å². The molecule has 1 N–H and O–H groups in total. The van der Waals surface area contributed by atoms with Crippen LogP contribution in [-0.2, 0) is 11.8 Å². The van der Waals surface area contributed by atoms with Crippen LogP contribution in [-0.4, -0.2) is 33.5 Å². The summed E-state index contributed by atoms with van der Waals surface area (Å²) in [5, 5.41) is 12.0. The Hall–Kier alpha value is -3.00. The fourth-order valence-electron chi connectivity index (χ4n) is 2.79. The molecule has 7 nitrogen and oxygen atoms in total. The topological polar surface area (TPSA) is 78.3 Å². The van der Waals surface area contributed by atoms with Gasteiger partial charge in [0, 0.05) is 12.7 Å². The lowest BCUT2D eigenvalue weighted by molar-refractivity contribution is -0.113. The number of aromatic nitrogens is 3.